The summed E-state index contributed by atoms with van der Waals surface area (Å²) in [6.45, 7) is 4.42. The Morgan fingerprint density at radius 1 is 0.867 bits per heavy atom. The van der Waals surface area contributed by atoms with E-state index in [1.165, 1.54) is 11.8 Å². The Hall–Kier alpha value is -2.64. The average molecular weight is 436 g/mol. The fourth-order valence-corrected chi connectivity index (χ4v) is 4.51. The molecule has 0 saturated heterocycles. The lowest BCUT2D eigenvalue weighted by atomic mass is 10.2. The van der Waals surface area contributed by atoms with Crippen molar-refractivity contribution in [2.24, 2.45) is 0 Å². The SMILES string of the molecule is CCSC(=O)c1nc(C(=O)SCC)c2c(n1)c1ccccc1n2Cc1ccccc1. The van der Waals surface area contributed by atoms with Crippen molar-refractivity contribution in [1.29, 1.82) is 0 Å². The third kappa shape index (κ3) is 3.87. The minimum absolute atomic E-state index is 0.0945. The smallest absolute Gasteiger partial charge is 0.256 e. The van der Waals surface area contributed by atoms with Crippen molar-refractivity contribution >= 4 is 55.7 Å². The molecule has 152 valence electrons. The van der Waals surface area contributed by atoms with Crippen LogP contribution in [0.4, 0.5) is 0 Å². The van der Waals surface area contributed by atoms with Crippen molar-refractivity contribution in [3.05, 3.63) is 71.7 Å². The van der Waals surface area contributed by atoms with Gasteiger partial charge in [0, 0.05) is 11.9 Å². The lowest BCUT2D eigenvalue weighted by molar-refractivity contribution is 0.107. The van der Waals surface area contributed by atoms with Gasteiger partial charge in [-0.1, -0.05) is 85.9 Å². The number of fused-ring (bicyclic) bond motifs is 3. The fourth-order valence-electron chi connectivity index (χ4n) is 3.49. The van der Waals surface area contributed by atoms with Crippen LogP contribution in [-0.4, -0.2) is 36.3 Å². The molecule has 0 saturated carbocycles. The van der Waals surface area contributed by atoms with Gasteiger partial charge in [-0.3, -0.25) is 9.59 Å². The van der Waals surface area contributed by atoms with Crippen LogP contribution in [0.1, 0.15) is 40.5 Å². The minimum Gasteiger partial charge on any atom is -0.333 e. The number of benzene rings is 2. The number of carbonyl (C=O) groups excluding carboxylic acids is 2. The summed E-state index contributed by atoms with van der Waals surface area (Å²) in [4.78, 5) is 34.7. The molecule has 0 N–H and O–H groups in total. The average Bonchev–Trinajstić information content (AvgIpc) is 3.08. The van der Waals surface area contributed by atoms with Crippen LogP contribution in [0.25, 0.3) is 21.9 Å². The molecule has 2 aromatic carbocycles. The maximum Gasteiger partial charge on any atom is 0.256 e. The third-order valence-corrected chi connectivity index (χ3v) is 6.19. The van der Waals surface area contributed by atoms with E-state index in [0.29, 0.717) is 34.8 Å². The zero-order valence-corrected chi connectivity index (χ0v) is 18.4. The van der Waals surface area contributed by atoms with Crippen LogP contribution in [0.5, 0.6) is 0 Å². The Kier molecular flexibility index (Phi) is 6.20. The third-order valence-electron chi connectivity index (χ3n) is 4.71. The van der Waals surface area contributed by atoms with Crippen LogP contribution < -0.4 is 0 Å². The van der Waals surface area contributed by atoms with Gasteiger partial charge in [-0.05, 0) is 23.1 Å². The lowest BCUT2D eigenvalue weighted by Gasteiger charge is -2.10. The van der Waals surface area contributed by atoms with E-state index in [1.807, 2.05) is 56.3 Å². The van der Waals surface area contributed by atoms with E-state index in [2.05, 4.69) is 26.7 Å². The molecule has 0 aliphatic carbocycles. The largest absolute Gasteiger partial charge is 0.333 e. The highest BCUT2D eigenvalue weighted by Crippen LogP contribution is 2.32. The molecular weight excluding hydrogens is 414 g/mol. The highest BCUT2D eigenvalue weighted by Gasteiger charge is 2.24. The molecule has 0 aliphatic heterocycles. The molecule has 0 atom stereocenters. The zero-order valence-electron chi connectivity index (χ0n) is 16.8. The van der Waals surface area contributed by atoms with Crippen molar-refractivity contribution in [3.8, 4) is 0 Å². The van der Waals surface area contributed by atoms with Gasteiger partial charge in [0.05, 0.1) is 11.0 Å². The molecule has 4 aromatic rings. The molecule has 0 bridgehead atoms. The van der Waals surface area contributed by atoms with E-state index >= 15 is 0 Å². The topological polar surface area (TPSA) is 64.8 Å². The lowest BCUT2D eigenvalue weighted by Crippen LogP contribution is -2.11. The molecule has 2 heterocycles. The normalized spacial score (nSPS) is 11.3. The van der Waals surface area contributed by atoms with Crippen molar-refractivity contribution in [3.63, 3.8) is 0 Å². The van der Waals surface area contributed by atoms with E-state index in [0.717, 1.165) is 28.2 Å². The first kappa shape index (κ1) is 20.6. The van der Waals surface area contributed by atoms with E-state index in [-0.39, 0.29) is 16.1 Å². The Morgan fingerprint density at radius 2 is 1.53 bits per heavy atom. The highest BCUT2D eigenvalue weighted by molar-refractivity contribution is 8.14. The Bertz CT molecular complexity index is 1240. The Labute approximate surface area is 183 Å². The number of hydrogen-bond acceptors (Lipinski definition) is 6. The maximum atomic E-state index is 13.0. The van der Waals surface area contributed by atoms with Gasteiger partial charge in [0.25, 0.3) is 5.12 Å². The first-order chi connectivity index (χ1) is 14.6. The molecule has 2 aromatic heterocycles. The summed E-state index contributed by atoms with van der Waals surface area (Å²) in [6, 6.07) is 18.0. The van der Waals surface area contributed by atoms with Gasteiger partial charge in [-0.15, -0.1) is 0 Å². The van der Waals surface area contributed by atoms with Gasteiger partial charge in [-0.25, -0.2) is 9.97 Å². The van der Waals surface area contributed by atoms with E-state index in [1.54, 1.807) is 0 Å². The maximum absolute atomic E-state index is 13.0. The molecule has 7 heteroatoms. The molecule has 0 aliphatic rings. The van der Waals surface area contributed by atoms with Gasteiger partial charge >= 0.3 is 0 Å². The van der Waals surface area contributed by atoms with E-state index < -0.39 is 0 Å². The summed E-state index contributed by atoms with van der Waals surface area (Å²) in [5.41, 5.74) is 3.72. The number of para-hydroxylation sites is 1. The Balaban J connectivity index is 2.03. The van der Waals surface area contributed by atoms with Gasteiger partial charge in [0.1, 0.15) is 11.2 Å². The molecule has 0 spiro atoms. The van der Waals surface area contributed by atoms with Crippen LogP contribution in [-0.2, 0) is 6.54 Å². The van der Waals surface area contributed by atoms with Crippen molar-refractivity contribution in [1.82, 2.24) is 14.5 Å². The first-order valence-corrected chi connectivity index (χ1v) is 11.8. The monoisotopic (exact) mass is 435 g/mol. The van der Waals surface area contributed by atoms with Gasteiger partial charge < -0.3 is 4.57 Å². The van der Waals surface area contributed by atoms with Crippen molar-refractivity contribution in [2.75, 3.05) is 11.5 Å². The number of thioether (sulfide) groups is 2. The van der Waals surface area contributed by atoms with E-state index in [9.17, 15) is 9.59 Å². The summed E-state index contributed by atoms with van der Waals surface area (Å²) < 4.78 is 2.09. The Morgan fingerprint density at radius 3 is 2.27 bits per heavy atom. The number of aromatic nitrogens is 3. The fraction of sp³-hybridized carbons (Fsp3) is 0.217. The number of carbonyl (C=O) groups is 2. The van der Waals surface area contributed by atoms with Gasteiger partial charge in [-0.2, -0.15) is 0 Å². The predicted molar refractivity (Wildman–Crippen MR) is 126 cm³/mol. The summed E-state index contributed by atoms with van der Waals surface area (Å²) >= 11 is 2.35. The number of hydrogen-bond donors (Lipinski definition) is 0. The summed E-state index contributed by atoms with van der Waals surface area (Å²) in [5.74, 6) is 1.36. The first-order valence-electron chi connectivity index (χ1n) is 9.81. The summed E-state index contributed by atoms with van der Waals surface area (Å²) in [6.07, 6.45) is 0. The molecule has 30 heavy (non-hydrogen) atoms. The molecule has 5 nitrogen and oxygen atoms in total. The standard InChI is InChI=1S/C23H21N3O2S2/c1-3-29-22(27)19-20-18(24-21(25-19)23(28)30-4-2)16-12-8-9-13-17(16)26(20)14-15-10-6-5-7-11-15/h5-13H,3-4,14H2,1-2H3. The van der Waals surface area contributed by atoms with Crippen LogP contribution in [0.15, 0.2) is 54.6 Å². The van der Waals surface area contributed by atoms with Gasteiger partial charge in [0.15, 0.2) is 0 Å². The quantitative estimate of drug-likeness (QED) is 0.403. The van der Waals surface area contributed by atoms with Crippen LogP contribution in [0.2, 0.25) is 0 Å². The molecule has 0 fully saturated rings. The van der Waals surface area contributed by atoms with Crippen LogP contribution in [0.3, 0.4) is 0 Å². The number of nitrogens with zero attached hydrogens (tertiary/aromatic N) is 3. The summed E-state index contributed by atoms with van der Waals surface area (Å²) in [7, 11) is 0. The van der Waals surface area contributed by atoms with Gasteiger partial charge in [0.2, 0.25) is 10.9 Å². The molecule has 0 radical (unpaired) electrons. The zero-order chi connectivity index (χ0) is 21.1. The second kappa shape index (κ2) is 9.02. The second-order valence-corrected chi connectivity index (χ2v) is 9.10. The summed E-state index contributed by atoms with van der Waals surface area (Å²) in [5, 5.41) is 0.560. The van der Waals surface area contributed by atoms with Crippen molar-refractivity contribution < 1.29 is 9.59 Å². The number of rotatable bonds is 6. The molecule has 4 rings (SSSR count). The molecule has 0 amide bonds. The minimum atomic E-state index is -0.213. The molecule has 0 unspecified atom stereocenters. The second-order valence-electron chi connectivity index (χ2n) is 6.62. The van der Waals surface area contributed by atoms with E-state index in [4.69, 9.17) is 0 Å². The van der Waals surface area contributed by atoms with Crippen LogP contribution >= 0.6 is 23.5 Å². The molecular formula is C23H21N3O2S2. The van der Waals surface area contributed by atoms with Crippen LogP contribution in [0, 0.1) is 0 Å². The highest BCUT2D eigenvalue weighted by atomic mass is 32.2. The predicted octanol–water partition coefficient (Wildman–Crippen LogP) is 5.42. The van der Waals surface area contributed by atoms with Crippen molar-refractivity contribution in [2.45, 2.75) is 20.4 Å².